The van der Waals surface area contributed by atoms with Crippen LogP contribution in [0.5, 0.6) is 0 Å². The van der Waals surface area contributed by atoms with Gasteiger partial charge in [-0.15, -0.1) is 5.10 Å². The third-order valence-corrected chi connectivity index (χ3v) is 4.36. The molecule has 128 valence electrons. The Hall–Kier alpha value is -2.89. The Kier molecular flexibility index (Phi) is 4.32. The molecule has 0 unspecified atom stereocenters. The van der Waals surface area contributed by atoms with Crippen molar-refractivity contribution in [2.75, 3.05) is 5.32 Å². The highest BCUT2D eigenvalue weighted by molar-refractivity contribution is 6.53. The number of fused-ring (bicyclic) bond motifs is 1. The number of carbonyl (C=O) groups is 1. The van der Waals surface area contributed by atoms with Gasteiger partial charge in [-0.25, -0.2) is 0 Å². The number of halogens is 2. The molecule has 0 atom stereocenters. The van der Waals surface area contributed by atoms with Crippen LogP contribution in [0, 0.1) is 0 Å². The molecule has 4 rings (SSSR count). The zero-order chi connectivity index (χ0) is 18.1. The van der Waals surface area contributed by atoms with Crippen molar-refractivity contribution in [2.45, 2.75) is 0 Å². The van der Waals surface area contributed by atoms with Gasteiger partial charge in [-0.1, -0.05) is 41.4 Å². The minimum atomic E-state index is -0.281. The third-order valence-electron chi connectivity index (χ3n) is 3.81. The summed E-state index contributed by atoms with van der Waals surface area (Å²) in [7, 11) is 0. The van der Waals surface area contributed by atoms with Crippen LogP contribution in [0.25, 0.3) is 11.3 Å². The average Bonchev–Trinajstić information content (AvgIpc) is 3.20. The van der Waals surface area contributed by atoms with Crippen LogP contribution in [0.2, 0.25) is 10.0 Å². The van der Waals surface area contributed by atoms with E-state index >= 15 is 0 Å². The van der Waals surface area contributed by atoms with Crippen LogP contribution in [0.1, 0.15) is 11.3 Å². The van der Waals surface area contributed by atoms with E-state index in [4.69, 9.17) is 27.6 Å². The van der Waals surface area contributed by atoms with Gasteiger partial charge in [0.15, 0.2) is 5.71 Å². The second-order valence-corrected chi connectivity index (χ2v) is 6.36. The Morgan fingerprint density at radius 1 is 1.00 bits per heavy atom. The van der Waals surface area contributed by atoms with Crippen molar-refractivity contribution in [1.29, 1.82) is 0 Å². The molecule has 2 heterocycles. The molecule has 2 aromatic carbocycles. The van der Waals surface area contributed by atoms with Gasteiger partial charge in [-0.05, 0) is 36.4 Å². The molecule has 0 saturated carbocycles. The van der Waals surface area contributed by atoms with E-state index in [2.05, 4.69) is 15.5 Å². The molecule has 1 N–H and O–H groups in total. The van der Waals surface area contributed by atoms with Crippen LogP contribution < -0.4 is 5.32 Å². The standard InChI is InChI=1S/C19H11Cl2N3O2/c20-11-5-7-13(15(21)9-11)17-8-6-12(26-17)10-22-24-18-14-3-1-2-4-16(14)23-19(18)25/h1-10H,(H,23,24,25). The van der Waals surface area contributed by atoms with Gasteiger partial charge in [0.1, 0.15) is 11.5 Å². The minimum absolute atomic E-state index is 0.268. The zero-order valence-electron chi connectivity index (χ0n) is 13.2. The smallest absolute Gasteiger partial charge is 0.276 e. The first kappa shape index (κ1) is 16.6. The van der Waals surface area contributed by atoms with Crippen LogP contribution in [0.4, 0.5) is 5.69 Å². The van der Waals surface area contributed by atoms with E-state index in [9.17, 15) is 4.79 Å². The summed E-state index contributed by atoms with van der Waals surface area (Å²) < 4.78 is 5.70. The van der Waals surface area contributed by atoms with Crippen LogP contribution >= 0.6 is 23.2 Å². The van der Waals surface area contributed by atoms with E-state index in [-0.39, 0.29) is 11.6 Å². The summed E-state index contributed by atoms with van der Waals surface area (Å²) in [6.07, 6.45) is 1.44. The van der Waals surface area contributed by atoms with Crippen LogP contribution in [-0.4, -0.2) is 17.8 Å². The largest absolute Gasteiger partial charge is 0.455 e. The molecule has 3 aromatic rings. The van der Waals surface area contributed by atoms with Gasteiger partial charge in [-0.2, -0.15) is 5.10 Å². The summed E-state index contributed by atoms with van der Waals surface area (Å²) >= 11 is 12.1. The molecule has 7 heteroatoms. The van der Waals surface area contributed by atoms with Crippen molar-refractivity contribution in [3.63, 3.8) is 0 Å². The van der Waals surface area contributed by atoms with E-state index in [1.54, 1.807) is 30.3 Å². The molecule has 1 aliphatic heterocycles. The highest BCUT2D eigenvalue weighted by Gasteiger charge is 2.25. The van der Waals surface area contributed by atoms with Gasteiger partial charge < -0.3 is 9.73 Å². The maximum Gasteiger partial charge on any atom is 0.276 e. The SMILES string of the molecule is O=C1Nc2ccccc2C1=NN=Cc1ccc(-c2ccc(Cl)cc2Cl)o1. The van der Waals surface area contributed by atoms with Gasteiger partial charge in [0.05, 0.1) is 16.9 Å². The average molecular weight is 384 g/mol. The lowest BCUT2D eigenvalue weighted by Crippen LogP contribution is -2.13. The molecule has 1 aliphatic rings. The maximum atomic E-state index is 12.0. The molecule has 5 nitrogen and oxygen atoms in total. The topological polar surface area (TPSA) is 67.0 Å². The fraction of sp³-hybridized carbons (Fsp3) is 0. The summed E-state index contributed by atoms with van der Waals surface area (Å²) in [6, 6.07) is 16.0. The number of carbonyl (C=O) groups excluding carboxylic acids is 1. The molecule has 0 fully saturated rings. The molecular weight excluding hydrogens is 373 g/mol. The van der Waals surface area contributed by atoms with Crippen molar-refractivity contribution in [3.05, 3.63) is 76.0 Å². The second-order valence-electron chi connectivity index (χ2n) is 5.52. The van der Waals surface area contributed by atoms with Crippen molar-refractivity contribution in [3.8, 4) is 11.3 Å². The third kappa shape index (κ3) is 3.14. The number of benzene rings is 2. The van der Waals surface area contributed by atoms with Gasteiger partial charge in [0.25, 0.3) is 5.91 Å². The lowest BCUT2D eigenvalue weighted by atomic mass is 10.1. The van der Waals surface area contributed by atoms with Gasteiger partial charge in [0, 0.05) is 16.1 Å². The first-order valence-corrected chi connectivity index (χ1v) is 8.44. The Balaban J connectivity index is 1.57. The first-order chi connectivity index (χ1) is 12.6. The van der Waals surface area contributed by atoms with Crippen molar-refractivity contribution >= 4 is 46.7 Å². The summed E-state index contributed by atoms with van der Waals surface area (Å²) in [5.74, 6) is 0.795. The molecule has 1 amide bonds. The lowest BCUT2D eigenvalue weighted by molar-refractivity contribution is -0.110. The number of rotatable bonds is 3. The van der Waals surface area contributed by atoms with Crippen LogP contribution in [0.3, 0.4) is 0 Å². The lowest BCUT2D eigenvalue weighted by Gasteiger charge is -2.00. The molecule has 1 aromatic heterocycles. The monoisotopic (exact) mass is 383 g/mol. The van der Waals surface area contributed by atoms with Crippen LogP contribution in [0.15, 0.2) is 69.2 Å². The fourth-order valence-electron chi connectivity index (χ4n) is 2.60. The minimum Gasteiger partial charge on any atom is -0.455 e. The highest BCUT2D eigenvalue weighted by Crippen LogP contribution is 2.31. The molecule has 0 spiro atoms. The summed E-state index contributed by atoms with van der Waals surface area (Å²) in [6.45, 7) is 0. The maximum absolute atomic E-state index is 12.0. The van der Waals surface area contributed by atoms with E-state index in [0.717, 1.165) is 16.8 Å². The number of hydrogen-bond acceptors (Lipinski definition) is 4. The predicted octanol–water partition coefficient (Wildman–Crippen LogP) is 5.03. The van der Waals surface area contributed by atoms with Gasteiger partial charge in [0.2, 0.25) is 0 Å². The first-order valence-electron chi connectivity index (χ1n) is 7.69. The molecule has 0 aliphatic carbocycles. The van der Waals surface area contributed by atoms with Crippen molar-refractivity contribution in [2.24, 2.45) is 10.2 Å². The quantitative estimate of drug-likeness (QED) is 0.509. The molecular formula is C19H11Cl2N3O2. The Morgan fingerprint density at radius 2 is 1.85 bits per heavy atom. The van der Waals surface area contributed by atoms with E-state index < -0.39 is 0 Å². The molecule has 0 bridgehead atoms. The number of nitrogens with one attached hydrogen (secondary N) is 1. The number of nitrogens with zero attached hydrogens (tertiary/aromatic N) is 2. The number of anilines is 1. The van der Waals surface area contributed by atoms with Crippen molar-refractivity contribution < 1.29 is 9.21 Å². The van der Waals surface area contributed by atoms with E-state index in [1.807, 2.05) is 24.3 Å². The second kappa shape index (κ2) is 6.78. The van der Waals surface area contributed by atoms with Gasteiger partial charge >= 0.3 is 0 Å². The van der Waals surface area contributed by atoms with Crippen LogP contribution in [-0.2, 0) is 4.79 Å². The molecule has 0 saturated heterocycles. The normalized spacial score (nSPS) is 14.8. The summed E-state index contributed by atoms with van der Waals surface area (Å²) in [5, 5.41) is 11.8. The highest BCUT2D eigenvalue weighted by atomic mass is 35.5. The van der Waals surface area contributed by atoms with E-state index in [0.29, 0.717) is 21.6 Å². The Morgan fingerprint density at radius 3 is 2.69 bits per heavy atom. The number of para-hydroxylation sites is 1. The number of amides is 1. The predicted molar refractivity (Wildman–Crippen MR) is 103 cm³/mol. The summed E-state index contributed by atoms with van der Waals surface area (Å²) in [5.41, 5.74) is 2.45. The molecule has 0 radical (unpaired) electrons. The fourth-order valence-corrected chi connectivity index (χ4v) is 3.10. The Labute approximate surface area is 159 Å². The Bertz CT molecular complexity index is 1070. The summed E-state index contributed by atoms with van der Waals surface area (Å²) in [4.78, 5) is 12.0. The van der Waals surface area contributed by atoms with Crippen molar-refractivity contribution in [1.82, 2.24) is 0 Å². The number of furan rings is 1. The number of hydrogen-bond donors (Lipinski definition) is 1. The van der Waals surface area contributed by atoms with Gasteiger partial charge in [-0.3, -0.25) is 4.79 Å². The molecule has 26 heavy (non-hydrogen) atoms. The van der Waals surface area contributed by atoms with E-state index in [1.165, 1.54) is 6.21 Å². The zero-order valence-corrected chi connectivity index (χ0v) is 14.8.